The Kier molecular flexibility index (Phi) is 7.07. The first kappa shape index (κ1) is 19.3. The third-order valence-corrected chi connectivity index (χ3v) is 5.96. The van der Waals surface area contributed by atoms with E-state index in [4.69, 9.17) is 4.74 Å². The summed E-state index contributed by atoms with van der Waals surface area (Å²) in [5.41, 5.74) is 1.68. The molecule has 0 aliphatic heterocycles. The third kappa shape index (κ3) is 4.28. The summed E-state index contributed by atoms with van der Waals surface area (Å²) in [6.07, 6.45) is 9.72. The zero-order valence-corrected chi connectivity index (χ0v) is 16.9. The summed E-state index contributed by atoms with van der Waals surface area (Å²) < 4.78 is 5.97. The third-order valence-electron chi connectivity index (χ3n) is 5.40. The molecular weight excluding hydrogens is 392 g/mol. The molecule has 0 aromatic heterocycles. The lowest BCUT2D eigenvalue weighted by Crippen LogP contribution is -2.28. The van der Waals surface area contributed by atoms with Gasteiger partial charge in [-0.05, 0) is 31.6 Å². The Morgan fingerprint density at radius 2 is 1.54 bits per heavy atom. The number of Topliss-reactive ketones (excluding diaryl/α,β-unsaturated/α-hetero) is 2. The molecule has 2 aliphatic carbocycles. The Balaban J connectivity index is 1.81. The lowest BCUT2D eigenvalue weighted by molar-refractivity contribution is 0.0852. The zero-order chi connectivity index (χ0) is 18.4. The highest BCUT2D eigenvalue weighted by atomic mass is 79.9. The van der Waals surface area contributed by atoms with Gasteiger partial charge in [0.25, 0.3) is 0 Å². The van der Waals surface area contributed by atoms with Crippen LogP contribution < -0.4 is 0 Å². The van der Waals surface area contributed by atoms with Gasteiger partial charge in [0.15, 0.2) is 11.5 Å². The summed E-state index contributed by atoms with van der Waals surface area (Å²) in [7, 11) is 0. The number of carbonyl (C=O) groups excluding carboxylic acids is 2. The van der Waals surface area contributed by atoms with Crippen LogP contribution in [0.2, 0.25) is 0 Å². The summed E-state index contributed by atoms with van der Waals surface area (Å²) in [4.78, 5) is 26.2. The summed E-state index contributed by atoms with van der Waals surface area (Å²) in [6.45, 7) is 0.509. The van der Waals surface area contributed by atoms with Crippen molar-refractivity contribution < 1.29 is 14.3 Å². The van der Waals surface area contributed by atoms with Crippen LogP contribution in [0.1, 0.15) is 78.5 Å². The molecule has 1 aromatic carbocycles. The Morgan fingerprint density at radius 1 is 0.885 bits per heavy atom. The SMILES string of the molecule is O=C1C(OCCCCCCBr)=C(C2CCCCC2)C(=O)c2ccccc21. The summed E-state index contributed by atoms with van der Waals surface area (Å²) in [5.74, 6) is 0.390. The molecule has 3 rings (SSSR count). The van der Waals surface area contributed by atoms with Gasteiger partial charge in [-0.3, -0.25) is 9.59 Å². The van der Waals surface area contributed by atoms with E-state index in [1.807, 2.05) is 12.1 Å². The van der Waals surface area contributed by atoms with Gasteiger partial charge in [-0.1, -0.05) is 72.3 Å². The number of hydrogen-bond acceptors (Lipinski definition) is 3. The molecule has 0 spiro atoms. The Morgan fingerprint density at radius 3 is 2.23 bits per heavy atom. The van der Waals surface area contributed by atoms with Crippen LogP contribution in [0.25, 0.3) is 0 Å². The normalized spacial score (nSPS) is 18.2. The van der Waals surface area contributed by atoms with Gasteiger partial charge in [-0.15, -0.1) is 0 Å². The highest BCUT2D eigenvalue weighted by Crippen LogP contribution is 2.37. The van der Waals surface area contributed by atoms with Gasteiger partial charge in [0.1, 0.15) is 0 Å². The highest BCUT2D eigenvalue weighted by Gasteiger charge is 2.37. The van der Waals surface area contributed by atoms with E-state index in [-0.39, 0.29) is 17.5 Å². The van der Waals surface area contributed by atoms with Crippen molar-refractivity contribution in [1.29, 1.82) is 0 Å². The molecule has 26 heavy (non-hydrogen) atoms. The van der Waals surface area contributed by atoms with Gasteiger partial charge in [0.2, 0.25) is 5.78 Å². The Hall–Kier alpha value is -1.42. The van der Waals surface area contributed by atoms with Crippen LogP contribution in [0.15, 0.2) is 35.6 Å². The van der Waals surface area contributed by atoms with Gasteiger partial charge in [0, 0.05) is 22.0 Å². The molecular formula is C22H27BrO3. The molecule has 1 aromatic rings. The molecule has 2 aliphatic rings. The first-order valence-corrected chi connectivity index (χ1v) is 11.0. The number of ether oxygens (including phenoxy) is 1. The fourth-order valence-corrected chi connectivity index (χ4v) is 4.40. The molecule has 0 saturated heterocycles. The molecule has 0 N–H and O–H groups in total. The number of fused-ring (bicyclic) bond motifs is 1. The van der Waals surface area contributed by atoms with Gasteiger partial charge in [-0.25, -0.2) is 0 Å². The van der Waals surface area contributed by atoms with Crippen molar-refractivity contribution in [1.82, 2.24) is 0 Å². The molecule has 4 heteroatoms. The van der Waals surface area contributed by atoms with E-state index in [1.54, 1.807) is 12.1 Å². The van der Waals surface area contributed by atoms with Gasteiger partial charge >= 0.3 is 0 Å². The average molecular weight is 419 g/mol. The Bertz CT molecular complexity index is 686. The van der Waals surface area contributed by atoms with Crippen LogP contribution in [-0.2, 0) is 4.74 Å². The zero-order valence-electron chi connectivity index (χ0n) is 15.3. The number of halogens is 1. The second kappa shape index (κ2) is 9.50. The minimum absolute atomic E-state index is 0.00129. The van der Waals surface area contributed by atoms with Crippen molar-refractivity contribution in [2.45, 2.75) is 57.8 Å². The van der Waals surface area contributed by atoms with Gasteiger partial charge in [-0.2, -0.15) is 0 Å². The van der Waals surface area contributed by atoms with E-state index in [1.165, 1.54) is 6.42 Å². The first-order valence-electron chi connectivity index (χ1n) is 9.85. The van der Waals surface area contributed by atoms with Crippen molar-refractivity contribution in [3.05, 3.63) is 46.7 Å². The minimum Gasteiger partial charge on any atom is -0.489 e. The quantitative estimate of drug-likeness (QED) is 0.391. The molecule has 1 fully saturated rings. The second-order valence-electron chi connectivity index (χ2n) is 7.23. The first-order chi connectivity index (χ1) is 12.7. The van der Waals surface area contributed by atoms with Crippen molar-refractivity contribution in [2.24, 2.45) is 5.92 Å². The molecule has 0 radical (unpaired) electrons. The predicted octanol–water partition coefficient (Wildman–Crippen LogP) is 5.87. The lowest BCUT2D eigenvalue weighted by Gasteiger charge is -2.29. The molecule has 1 saturated carbocycles. The highest BCUT2D eigenvalue weighted by molar-refractivity contribution is 9.09. The number of benzene rings is 1. The van der Waals surface area contributed by atoms with Crippen LogP contribution in [0, 0.1) is 5.92 Å². The molecule has 0 bridgehead atoms. The van der Waals surface area contributed by atoms with E-state index in [9.17, 15) is 9.59 Å². The predicted molar refractivity (Wildman–Crippen MR) is 107 cm³/mol. The van der Waals surface area contributed by atoms with Crippen LogP contribution in [-0.4, -0.2) is 23.5 Å². The summed E-state index contributed by atoms with van der Waals surface area (Å²) in [5, 5.41) is 1.02. The van der Waals surface area contributed by atoms with Crippen molar-refractivity contribution in [3.63, 3.8) is 0 Å². The van der Waals surface area contributed by atoms with Crippen LogP contribution >= 0.6 is 15.9 Å². The fraction of sp³-hybridized carbons (Fsp3) is 0.545. The molecule has 0 amide bonds. The molecule has 0 heterocycles. The van der Waals surface area contributed by atoms with Gasteiger partial charge < -0.3 is 4.74 Å². The lowest BCUT2D eigenvalue weighted by atomic mass is 9.76. The monoisotopic (exact) mass is 418 g/mol. The number of unbranched alkanes of at least 4 members (excludes halogenated alkanes) is 3. The number of ketones is 2. The second-order valence-corrected chi connectivity index (χ2v) is 8.03. The van der Waals surface area contributed by atoms with Crippen LogP contribution in [0.4, 0.5) is 0 Å². The molecule has 0 atom stereocenters. The fourth-order valence-electron chi connectivity index (χ4n) is 4.00. The van der Waals surface area contributed by atoms with Crippen LogP contribution in [0.3, 0.4) is 0 Å². The summed E-state index contributed by atoms with van der Waals surface area (Å²) >= 11 is 3.44. The molecule has 3 nitrogen and oxygen atoms in total. The molecule has 140 valence electrons. The van der Waals surface area contributed by atoms with Gasteiger partial charge in [0.05, 0.1) is 6.61 Å². The number of hydrogen-bond donors (Lipinski definition) is 0. The van der Waals surface area contributed by atoms with E-state index < -0.39 is 0 Å². The number of alkyl halides is 1. The van der Waals surface area contributed by atoms with Crippen molar-refractivity contribution in [3.8, 4) is 0 Å². The van der Waals surface area contributed by atoms with Crippen LogP contribution in [0.5, 0.6) is 0 Å². The van der Waals surface area contributed by atoms with Crippen molar-refractivity contribution >= 4 is 27.5 Å². The number of rotatable bonds is 8. The Labute approximate surface area is 164 Å². The topological polar surface area (TPSA) is 43.4 Å². The van der Waals surface area contributed by atoms with E-state index in [2.05, 4.69) is 15.9 Å². The number of allylic oxidation sites excluding steroid dienone is 2. The smallest absolute Gasteiger partial charge is 0.228 e. The van der Waals surface area contributed by atoms with E-state index in [0.29, 0.717) is 29.1 Å². The standard InChI is InChI=1S/C22H27BrO3/c23-14-8-1-2-9-15-26-22-19(16-10-4-3-5-11-16)20(24)17-12-6-7-13-18(17)21(22)25/h6-7,12-13,16H,1-5,8-11,14-15H2. The average Bonchev–Trinajstić information content (AvgIpc) is 2.69. The maximum Gasteiger partial charge on any atom is 0.228 e. The molecule has 0 unspecified atom stereocenters. The summed E-state index contributed by atoms with van der Waals surface area (Å²) in [6, 6.07) is 7.16. The minimum atomic E-state index is -0.110. The number of carbonyl (C=O) groups is 2. The van der Waals surface area contributed by atoms with E-state index >= 15 is 0 Å². The van der Waals surface area contributed by atoms with Crippen molar-refractivity contribution in [2.75, 3.05) is 11.9 Å². The van der Waals surface area contributed by atoms with E-state index in [0.717, 1.165) is 56.7 Å². The largest absolute Gasteiger partial charge is 0.489 e. The maximum atomic E-state index is 13.2. The maximum absolute atomic E-state index is 13.2.